The molecule has 0 aliphatic carbocycles. The molecule has 50 heavy (non-hydrogen) atoms. The Morgan fingerprint density at radius 3 is 2.34 bits per heavy atom. The van der Waals surface area contributed by atoms with Crippen molar-refractivity contribution in [3.63, 3.8) is 0 Å². The molecule has 1 amide bonds. The number of hydrogen-bond acceptors (Lipinski definition) is 9. The number of carbonyl (C=O) groups is 2. The first-order valence-corrected chi connectivity index (χ1v) is 18.4. The molecule has 0 spiro atoms. The van der Waals surface area contributed by atoms with Crippen LogP contribution in [0.3, 0.4) is 0 Å². The summed E-state index contributed by atoms with van der Waals surface area (Å²) in [7, 11) is -3.87. The molecular formula is C36H42N6O7S. The summed E-state index contributed by atoms with van der Waals surface area (Å²) in [6.07, 6.45) is 1.38. The number of anilines is 1. The Morgan fingerprint density at radius 1 is 1.04 bits per heavy atom. The van der Waals surface area contributed by atoms with Crippen molar-refractivity contribution < 1.29 is 32.4 Å². The smallest absolute Gasteiger partial charge is 0.410 e. The zero-order chi connectivity index (χ0) is 36.1. The molecule has 1 aliphatic rings. The van der Waals surface area contributed by atoms with E-state index in [0.717, 1.165) is 28.2 Å². The van der Waals surface area contributed by atoms with Crippen LogP contribution < -0.4 is 4.31 Å². The minimum Gasteiger partial charge on any atom is -0.478 e. The lowest BCUT2D eigenvalue weighted by Gasteiger charge is -2.38. The number of hydrogen-bond donors (Lipinski definition) is 1. The van der Waals surface area contributed by atoms with E-state index in [1.165, 1.54) is 10.4 Å². The van der Waals surface area contributed by atoms with E-state index in [1.54, 1.807) is 38.7 Å². The second-order valence-corrected chi connectivity index (χ2v) is 16.0. The number of aryl methyl sites for hydroxylation is 1. The third kappa shape index (κ3) is 7.16. The van der Waals surface area contributed by atoms with Crippen molar-refractivity contribution >= 4 is 49.6 Å². The molecule has 264 valence electrons. The van der Waals surface area contributed by atoms with E-state index >= 15 is 0 Å². The fraction of sp³-hybridized carbons (Fsp3) is 0.417. The van der Waals surface area contributed by atoms with Crippen molar-refractivity contribution in [3.8, 4) is 11.4 Å². The predicted molar refractivity (Wildman–Crippen MR) is 190 cm³/mol. The lowest BCUT2D eigenvalue weighted by molar-refractivity contribution is 0.0207. The molecule has 0 unspecified atom stereocenters. The minimum absolute atomic E-state index is 0.0655. The first-order valence-electron chi connectivity index (χ1n) is 16.6. The maximum atomic E-state index is 13.4. The SMILES string of the molecule is Cc1nc(-c2ccc3ccc(Cn4c(C(C)C)nc5c(C(=O)O)cc(N(C6CCN(C(=O)OC(C)(C)C)CC6)S(C)(=O)=O)cc54)cc3c2)no1. The van der Waals surface area contributed by atoms with Crippen LogP contribution in [-0.4, -0.2) is 81.2 Å². The highest BCUT2D eigenvalue weighted by Crippen LogP contribution is 2.35. The van der Waals surface area contributed by atoms with Crippen LogP contribution in [0.5, 0.6) is 0 Å². The Kier molecular flexibility index (Phi) is 9.10. The Bertz CT molecular complexity index is 2210. The molecule has 0 bridgehead atoms. The number of ether oxygens (including phenoxy) is 1. The number of aromatic nitrogens is 4. The van der Waals surface area contributed by atoms with Gasteiger partial charge in [0.2, 0.25) is 21.7 Å². The van der Waals surface area contributed by atoms with Gasteiger partial charge in [0.05, 0.1) is 23.0 Å². The first kappa shape index (κ1) is 34.9. The number of sulfonamides is 1. The van der Waals surface area contributed by atoms with Gasteiger partial charge in [-0.2, -0.15) is 4.98 Å². The summed E-state index contributed by atoms with van der Waals surface area (Å²) >= 11 is 0. The molecule has 1 aliphatic heterocycles. The number of aromatic carboxylic acids is 1. The largest absolute Gasteiger partial charge is 0.478 e. The molecule has 0 atom stereocenters. The number of piperidine rings is 1. The number of rotatable bonds is 8. The average molecular weight is 703 g/mol. The molecule has 1 saturated heterocycles. The van der Waals surface area contributed by atoms with Gasteiger partial charge in [0.25, 0.3) is 0 Å². The quantitative estimate of drug-likeness (QED) is 0.187. The summed E-state index contributed by atoms with van der Waals surface area (Å²) in [5.41, 5.74) is 2.05. The van der Waals surface area contributed by atoms with Crippen molar-refractivity contribution in [1.29, 1.82) is 0 Å². The third-order valence-electron chi connectivity index (χ3n) is 8.71. The highest BCUT2D eigenvalue weighted by molar-refractivity contribution is 7.92. The van der Waals surface area contributed by atoms with E-state index in [2.05, 4.69) is 16.2 Å². The van der Waals surface area contributed by atoms with Crippen molar-refractivity contribution in [2.24, 2.45) is 0 Å². The van der Waals surface area contributed by atoms with Gasteiger partial charge in [0.1, 0.15) is 16.9 Å². The van der Waals surface area contributed by atoms with E-state index in [9.17, 15) is 23.1 Å². The maximum absolute atomic E-state index is 13.4. The predicted octanol–water partition coefficient (Wildman–Crippen LogP) is 6.58. The second-order valence-electron chi connectivity index (χ2n) is 14.2. The monoisotopic (exact) mass is 702 g/mol. The van der Waals surface area contributed by atoms with Crippen LogP contribution >= 0.6 is 0 Å². The van der Waals surface area contributed by atoms with Crippen LogP contribution in [0.15, 0.2) is 53.1 Å². The van der Waals surface area contributed by atoms with Crippen LogP contribution in [0, 0.1) is 6.92 Å². The van der Waals surface area contributed by atoms with Gasteiger partial charge in [-0.15, -0.1) is 0 Å². The Morgan fingerprint density at radius 2 is 1.74 bits per heavy atom. The zero-order valence-corrected chi connectivity index (χ0v) is 30.1. The van der Waals surface area contributed by atoms with Crippen molar-refractivity contribution in [1.82, 2.24) is 24.6 Å². The lowest BCUT2D eigenvalue weighted by Crippen LogP contribution is -2.49. The Balaban J connectivity index is 1.40. The normalized spacial score (nSPS) is 14.5. The average Bonchev–Trinajstić information content (AvgIpc) is 3.63. The van der Waals surface area contributed by atoms with Crippen LogP contribution in [0.25, 0.3) is 33.2 Å². The lowest BCUT2D eigenvalue weighted by atomic mass is 10.0. The topological polar surface area (TPSA) is 161 Å². The van der Waals surface area contributed by atoms with E-state index in [4.69, 9.17) is 14.2 Å². The molecule has 0 radical (unpaired) electrons. The number of amides is 1. The summed E-state index contributed by atoms with van der Waals surface area (Å²) in [6.45, 7) is 12.1. The number of carbonyl (C=O) groups excluding carboxylic acids is 1. The van der Waals surface area contributed by atoms with Gasteiger partial charge in [-0.3, -0.25) is 4.31 Å². The van der Waals surface area contributed by atoms with Gasteiger partial charge in [-0.1, -0.05) is 43.3 Å². The summed E-state index contributed by atoms with van der Waals surface area (Å²) in [4.78, 5) is 36.1. The summed E-state index contributed by atoms with van der Waals surface area (Å²) < 4.78 is 40.8. The maximum Gasteiger partial charge on any atom is 0.410 e. The first-order chi connectivity index (χ1) is 23.5. The number of likely N-dealkylation sites (tertiary alicyclic amines) is 1. The molecule has 3 aromatic carbocycles. The standard InChI is InChI=1S/C36H42N6O7S/c1-21(2)33-38-31-29(34(43)44)18-28(42(50(7,46)47)27-12-14-40(15-13-27)35(45)48-36(4,5)6)19-30(31)41(33)20-23-8-9-24-10-11-25(17-26(24)16-23)32-37-22(3)49-39-32/h8-11,16-19,21,27H,12-15,20H2,1-7H3,(H,43,44). The van der Waals surface area contributed by atoms with Gasteiger partial charge in [-0.25, -0.2) is 23.0 Å². The fourth-order valence-electron chi connectivity index (χ4n) is 6.54. The third-order valence-corrected chi connectivity index (χ3v) is 9.93. The number of carboxylic acids is 1. The van der Waals surface area contributed by atoms with Gasteiger partial charge in [-0.05, 0) is 74.2 Å². The van der Waals surface area contributed by atoms with Gasteiger partial charge >= 0.3 is 12.1 Å². The van der Waals surface area contributed by atoms with E-state index in [-0.39, 0.29) is 22.7 Å². The highest BCUT2D eigenvalue weighted by Gasteiger charge is 2.35. The number of nitrogens with zero attached hydrogens (tertiary/aromatic N) is 6. The van der Waals surface area contributed by atoms with Crippen LogP contribution in [0.2, 0.25) is 0 Å². The minimum atomic E-state index is -3.87. The molecule has 5 aromatic rings. The molecule has 1 fully saturated rings. The number of carboxylic acid groups (broad SMARTS) is 1. The summed E-state index contributed by atoms with van der Waals surface area (Å²) in [6, 6.07) is 14.6. The highest BCUT2D eigenvalue weighted by atomic mass is 32.2. The summed E-state index contributed by atoms with van der Waals surface area (Å²) in [5.74, 6) is 0.372. The van der Waals surface area contributed by atoms with Crippen molar-refractivity contribution in [3.05, 3.63) is 71.4 Å². The van der Waals surface area contributed by atoms with E-state index < -0.39 is 33.7 Å². The van der Waals surface area contributed by atoms with Gasteiger partial charge in [0.15, 0.2) is 0 Å². The van der Waals surface area contributed by atoms with E-state index in [0.29, 0.717) is 55.5 Å². The molecule has 1 N–H and O–H groups in total. The van der Waals surface area contributed by atoms with Crippen molar-refractivity contribution in [2.75, 3.05) is 23.7 Å². The molecule has 0 saturated carbocycles. The number of imidazole rings is 1. The van der Waals surface area contributed by atoms with Crippen LogP contribution in [0.4, 0.5) is 10.5 Å². The number of fused-ring (bicyclic) bond motifs is 2. The molecule has 14 heteroatoms. The van der Waals surface area contributed by atoms with Crippen molar-refractivity contribution in [2.45, 2.75) is 78.5 Å². The van der Waals surface area contributed by atoms with Crippen LogP contribution in [0.1, 0.15) is 81.0 Å². The van der Waals surface area contributed by atoms with Gasteiger partial charge < -0.3 is 23.8 Å². The molecule has 13 nitrogen and oxygen atoms in total. The second kappa shape index (κ2) is 13.0. The van der Waals surface area contributed by atoms with Crippen LogP contribution in [-0.2, 0) is 21.3 Å². The summed E-state index contributed by atoms with van der Waals surface area (Å²) in [5, 5.41) is 16.4. The Labute approximate surface area is 290 Å². The molecule has 6 rings (SSSR count). The molecule has 3 heterocycles. The van der Waals surface area contributed by atoms with E-state index in [1.807, 2.05) is 48.7 Å². The van der Waals surface area contributed by atoms with Gasteiger partial charge in [0, 0.05) is 44.1 Å². The Hall–Kier alpha value is -4.98. The zero-order valence-electron chi connectivity index (χ0n) is 29.3. The fourth-order valence-corrected chi connectivity index (χ4v) is 7.78. The molecule has 2 aromatic heterocycles. The number of benzene rings is 3. The molecular weight excluding hydrogens is 660 g/mol.